The maximum Gasteiger partial charge on any atom is 0.326 e. The van der Waals surface area contributed by atoms with Crippen molar-refractivity contribution in [2.45, 2.75) is 39.2 Å². The molecule has 9 nitrogen and oxygen atoms in total. The first-order valence-electron chi connectivity index (χ1n) is 7.34. The lowest BCUT2D eigenvalue weighted by Gasteiger charge is -2.27. The molecule has 1 rings (SSSR count). The molecule has 1 unspecified atom stereocenters. The molecule has 1 fully saturated rings. The monoisotopic (exact) mass is 327 g/mol. The van der Waals surface area contributed by atoms with Crippen LogP contribution in [0.4, 0.5) is 0 Å². The molecule has 0 radical (unpaired) electrons. The fourth-order valence-electron chi connectivity index (χ4n) is 2.24. The van der Waals surface area contributed by atoms with Crippen molar-refractivity contribution >= 4 is 29.6 Å². The highest BCUT2D eigenvalue weighted by Crippen LogP contribution is 2.13. The minimum Gasteiger partial charge on any atom is -0.480 e. The van der Waals surface area contributed by atoms with E-state index in [-0.39, 0.29) is 56.6 Å². The summed E-state index contributed by atoms with van der Waals surface area (Å²) in [5, 5.41) is 11.6. The summed E-state index contributed by atoms with van der Waals surface area (Å²) in [4.78, 5) is 59.3. The largest absolute Gasteiger partial charge is 0.480 e. The average molecular weight is 327 g/mol. The molecular formula is C14H21N3O6. The van der Waals surface area contributed by atoms with Gasteiger partial charge in [0.15, 0.2) is 0 Å². The summed E-state index contributed by atoms with van der Waals surface area (Å²) >= 11 is 0. The maximum atomic E-state index is 12.2. The minimum absolute atomic E-state index is 0.0355. The summed E-state index contributed by atoms with van der Waals surface area (Å²) in [6.45, 7) is 2.78. The Kier molecular flexibility index (Phi) is 6.67. The number of rotatable bonds is 8. The Morgan fingerprint density at radius 3 is 2.30 bits per heavy atom. The lowest BCUT2D eigenvalue weighted by Crippen LogP contribution is -2.47. The summed E-state index contributed by atoms with van der Waals surface area (Å²) in [6, 6.07) is -1.07. The van der Waals surface area contributed by atoms with Crippen LogP contribution in [0.2, 0.25) is 0 Å². The first kappa shape index (κ1) is 18.6. The third-order valence-electron chi connectivity index (χ3n) is 3.58. The lowest BCUT2D eigenvalue weighted by atomic mass is 10.2. The van der Waals surface area contributed by atoms with Crippen LogP contribution in [-0.2, 0) is 24.0 Å². The quantitative estimate of drug-likeness (QED) is 0.549. The van der Waals surface area contributed by atoms with E-state index < -0.39 is 17.9 Å². The van der Waals surface area contributed by atoms with Crippen molar-refractivity contribution in [3.63, 3.8) is 0 Å². The molecular weight excluding hydrogens is 306 g/mol. The molecule has 0 aromatic rings. The Labute approximate surface area is 133 Å². The summed E-state index contributed by atoms with van der Waals surface area (Å²) in [5.41, 5.74) is 0. The second-order valence-electron chi connectivity index (χ2n) is 5.27. The fourth-order valence-corrected chi connectivity index (χ4v) is 2.24. The number of carboxylic acid groups (broad SMARTS) is 1. The highest BCUT2D eigenvalue weighted by molar-refractivity contribution is 6.02. The zero-order valence-corrected chi connectivity index (χ0v) is 13.2. The van der Waals surface area contributed by atoms with Gasteiger partial charge in [-0.05, 0) is 6.92 Å². The molecule has 9 heteroatoms. The highest BCUT2D eigenvalue weighted by atomic mass is 16.4. The Bertz CT molecular complexity index is 503. The van der Waals surface area contributed by atoms with Crippen LogP contribution in [0.5, 0.6) is 0 Å². The number of nitrogens with zero attached hydrogens (tertiary/aromatic N) is 2. The molecule has 128 valence electrons. The van der Waals surface area contributed by atoms with Crippen molar-refractivity contribution < 1.29 is 29.1 Å². The Morgan fingerprint density at radius 2 is 1.83 bits per heavy atom. The van der Waals surface area contributed by atoms with Gasteiger partial charge in [-0.2, -0.15) is 0 Å². The molecule has 4 amide bonds. The third-order valence-corrected chi connectivity index (χ3v) is 3.58. The molecule has 1 aliphatic rings. The molecule has 1 aliphatic heterocycles. The number of hydrogen-bond acceptors (Lipinski definition) is 5. The number of imide groups is 1. The fraction of sp³-hybridized carbons (Fsp3) is 0.643. The van der Waals surface area contributed by atoms with E-state index in [2.05, 4.69) is 5.32 Å². The van der Waals surface area contributed by atoms with E-state index in [9.17, 15) is 24.0 Å². The van der Waals surface area contributed by atoms with Crippen LogP contribution in [0.25, 0.3) is 0 Å². The predicted molar refractivity (Wildman–Crippen MR) is 78.1 cm³/mol. The molecule has 0 aromatic heterocycles. The van der Waals surface area contributed by atoms with Crippen molar-refractivity contribution in [3.05, 3.63) is 0 Å². The van der Waals surface area contributed by atoms with E-state index in [0.29, 0.717) is 0 Å². The standard InChI is InChI=1S/C14H21N3O6/c1-9(14(22)23)16(8-6-15-10(2)18)13(21)5-7-17-11(19)3-4-12(17)20/h9H,3-8H2,1-2H3,(H,15,18)(H,22,23). The van der Waals surface area contributed by atoms with Gasteiger partial charge in [0.2, 0.25) is 23.6 Å². The van der Waals surface area contributed by atoms with Crippen molar-refractivity contribution in [1.82, 2.24) is 15.1 Å². The molecule has 0 spiro atoms. The van der Waals surface area contributed by atoms with Crippen LogP contribution < -0.4 is 5.32 Å². The van der Waals surface area contributed by atoms with Crippen molar-refractivity contribution in [3.8, 4) is 0 Å². The molecule has 1 heterocycles. The van der Waals surface area contributed by atoms with Gasteiger partial charge >= 0.3 is 5.97 Å². The second-order valence-corrected chi connectivity index (χ2v) is 5.27. The molecule has 0 bridgehead atoms. The third kappa shape index (κ3) is 5.35. The van der Waals surface area contributed by atoms with Crippen LogP contribution >= 0.6 is 0 Å². The van der Waals surface area contributed by atoms with Gasteiger partial charge in [-0.15, -0.1) is 0 Å². The normalized spacial score (nSPS) is 15.5. The van der Waals surface area contributed by atoms with Crippen LogP contribution in [0.3, 0.4) is 0 Å². The van der Waals surface area contributed by atoms with E-state index in [1.54, 1.807) is 0 Å². The molecule has 0 aliphatic carbocycles. The van der Waals surface area contributed by atoms with Crippen molar-refractivity contribution in [2.75, 3.05) is 19.6 Å². The molecule has 23 heavy (non-hydrogen) atoms. The van der Waals surface area contributed by atoms with Crippen LogP contribution in [0, 0.1) is 0 Å². The second kappa shape index (κ2) is 8.25. The van der Waals surface area contributed by atoms with Gasteiger partial charge in [-0.3, -0.25) is 24.1 Å². The molecule has 1 atom stereocenters. The van der Waals surface area contributed by atoms with Crippen molar-refractivity contribution in [2.24, 2.45) is 0 Å². The van der Waals surface area contributed by atoms with Gasteiger partial charge in [0.25, 0.3) is 0 Å². The van der Waals surface area contributed by atoms with E-state index >= 15 is 0 Å². The minimum atomic E-state index is -1.17. The molecule has 0 aromatic carbocycles. The van der Waals surface area contributed by atoms with E-state index in [4.69, 9.17) is 5.11 Å². The van der Waals surface area contributed by atoms with Gasteiger partial charge in [0.1, 0.15) is 6.04 Å². The zero-order valence-electron chi connectivity index (χ0n) is 13.2. The Morgan fingerprint density at radius 1 is 1.26 bits per heavy atom. The van der Waals surface area contributed by atoms with E-state index in [0.717, 1.165) is 9.80 Å². The van der Waals surface area contributed by atoms with E-state index in [1.165, 1.54) is 13.8 Å². The number of carboxylic acids is 1. The Balaban J connectivity index is 2.63. The summed E-state index contributed by atoms with van der Waals surface area (Å²) in [7, 11) is 0. The van der Waals surface area contributed by atoms with Gasteiger partial charge in [0.05, 0.1) is 0 Å². The highest BCUT2D eigenvalue weighted by Gasteiger charge is 2.31. The summed E-state index contributed by atoms with van der Waals surface area (Å²) in [5.74, 6) is -2.58. The first-order valence-corrected chi connectivity index (χ1v) is 7.34. The molecule has 1 saturated heterocycles. The number of carbonyl (C=O) groups is 5. The van der Waals surface area contributed by atoms with E-state index in [1.807, 2.05) is 0 Å². The van der Waals surface area contributed by atoms with Crippen LogP contribution in [0.15, 0.2) is 0 Å². The number of nitrogens with one attached hydrogen (secondary N) is 1. The number of aliphatic carboxylic acids is 1. The topological polar surface area (TPSA) is 124 Å². The SMILES string of the molecule is CC(=O)NCCN(C(=O)CCN1C(=O)CCC1=O)C(C)C(=O)O. The molecule has 0 saturated carbocycles. The lowest BCUT2D eigenvalue weighted by molar-refractivity contribution is -0.150. The number of hydrogen-bond donors (Lipinski definition) is 2. The number of carbonyl (C=O) groups excluding carboxylic acids is 4. The Hall–Kier alpha value is -2.45. The zero-order chi connectivity index (χ0) is 17.6. The van der Waals surface area contributed by atoms with Gasteiger partial charge in [0, 0.05) is 45.8 Å². The predicted octanol–water partition coefficient (Wildman–Crippen LogP) is -1.04. The van der Waals surface area contributed by atoms with Crippen molar-refractivity contribution in [1.29, 1.82) is 0 Å². The summed E-state index contributed by atoms with van der Waals surface area (Å²) in [6.07, 6.45) is 0.144. The smallest absolute Gasteiger partial charge is 0.326 e. The average Bonchev–Trinajstić information content (AvgIpc) is 2.79. The first-order chi connectivity index (χ1) is 10.7. The number of amides is 4. The number of likely N-dealkylation sites (tertiary alicyclic amines) is 1. The van der Waals surface area contributed by atoms with Gasteiger partial charge in [-0.1, -0.05) is 0 Å². The van der Waals surface area contributed by atoms with Crippen LogP contribution in [-0.4, -0.2) is 70.2 Å². The maximum absolute atomic E-state index is 12.2. The molecule has 2 N–H and O–H groups in total. The van der Waals surface area contributed by atoms with Gasteiger partial charge < -0.3 is 15.3 Å². The van der Waals surface area contributed by atoms with Gasteiger partial charge in [-0.25, -0.2) is 4.79 Å². The summed E-state index contributed by atoms with van der Waals surface area (Å²) < 4.78 is 0. The van der Waals surface area contributed by atoms with Crippen LogP contribution in [0.1, 0.15) is 33.1 Å².